The van der Waals surface area contributed by atoms with Gasteiger partial charge in [-0.05, 0) is 89.9 Å². The lowest BCUT2D eigenvalue weighted by Crippen LogP contribution is -2.55. The van der Waals surface area contributed by atoms with E-state index in [2.05, 4.69) is 27.9 Å². The van der Waals surface area contributed by atoms with E-state index >= 15 is 0 Å². The van der Waals surface area contributed by atoms with Gasteiger partial charge in [0.2, 0.25) is 0 Å². The van der Waals surface area contributed by atoms with Gasteiger partial charge in [-0.3, -0.25) is 14.9 Å². The maximum atomic E-state index is 13.1. The zero-order chi connectivity index (χ0) is 24.2. The molecule has 2 saturated heterocycles. The van der Waals surface area contributed by atoms with Crippen LogP contribution in [0.25, 0.3) is 0 Å². The van der Waals surface area contributed by atoms with E-state index in [1.54, 1.807) is 38.7 Å². The Hall–Kier alpha value is -2.68. The fraction of sp³-hybridized carbons (Fsp3) is 0.667. The van der Waals surface area contributed by atoms with E-state index in [-0.39, 0.29) is 6.04 Å². The van der Waals surface area contributed by atoms with Crippen molar-refractivity contribution in [1.82, 2.24) is 15.2 Å². The molecule has 2 fully saturated rings. The summed E-state index contributed by atoms with van der Waals surface area (Å²) in [7, 11) is 0. The second-order valence-electron chi connectivity index (χ2n) is 10.3. The number of aromatic nitrogens is 1. The van der Waals surface area contributed by atoms with E-state index in [4.69, 9.17) is 4.74 Å². The van der Waals surface area contributed by atoms with Gasteiger partial charge in [-0.2, -0.15) is 0 Å². The first-order valence-corrected chi connectivity index (χ1v) is 11.8. The van der Waals surface area contributed by atoms with Crippen molar-refractivity contribution in [2.24, 2.45) is 11.8 Å². The first kappa shape index (κ1) is 25.0. The summed E-state index contributed by atoms with van der Waals surface area (Å²) >= 11 is 0. The number of hydrogen-bond acceptors (Lipinski definition) is 6. The maximum Gasteiger partial charge on any atom is 0.413 e. The van der Waals surface area contributed by atoms with Gasteiger partial charge >= 0.3 is 17.9 Å². The van der Waals surface area contributed by atoms with Gasteiger partial charge in [-0.25, -0.2) is 9.78 Å². The number of nitrogens with one attached hydrogen (secondary N) is 3. The molecule has 3 heterocycles. The van der Waals surface area contributed by atoms with E-state index in [0.717, 1.165) is 38.8 Å². The van der Waals surface area contributed by atoms with Gasteiger partial charge < -0.3 is 20.3 Å². The van der Waals surface area contributed by atoms with Crippen LogP contribution in [-0.2, 0) is 14.3 Å². The molecule has 9 heteroatoms. The molecule has 2 aliphatic heterocycles. The van der Waals surface area contributed by atoms with Crippen molar-refractivity contribution in [3.63, 3.8) is 0 Å². The maximum absolute atomic E-state index is 13.1. The molecular formula is C24H37N5O4. The molecule has 33 heavy (non-hydrogen) atoms. The first-order chi connectivity index (χ1) is 15.5. The van der Waals surface area contributed by atoms with Crippen LogP contribution < -0.4 is 16.0 Å². The standard InChI is InChI=1S/C24H37N5O4/c1-15-8-9-19(17-7-6-10-25-12-17)29(14-15)22(31)21(30)27-18-11-16(2)20(26-13-18)28-23(32)33-24(3,4)5/h11,13,15,17,19,25H,6-10,12,14H2,1-5H3,(H,27,30)(H,26,28,32)/t15-,17?,19-/m0/s1. The summed E-state index contributed by atoms with van der Waals surface area (Å²) in [6.07, 6.45) is 4.99. The highest BCUT2D eigenvalue weighted by Crippen LogP contribution is 2.30. The number of carbonyl (C=O) groups is 3. The molecule has 0 spiro atoms. The number of amides is 3. The average Bonchev–Trinajstić information content (AvgIpc) is 2.74. The molecule has 1 unspecified atom stereocenters. The molecule has 182 valence electrons. The Labute approximate surface area is 196 Å². The van der Waals surface area contributed by atoms with Crippen molar-refractivity contribution < 1.29 is 19.1 Å². The first-order valence-electron chi connectivity index (χ1n) is 11.8. The number of piperidine rings is 2. The second kappa shape index (κ2) is 10.5. The van der Waals surface area contributed by atoms with E-state index in [1.807, 2.05) is 0 Å². The number of carbonyl (C=O) groups excluding carboxylic acids is 3. The van der Waals surface area contributed by atoms with Crippen LogP contribution in [0.5, 0.6) is 0 Å². The van der Waals surface area contributed by atoms with Crippen LogP contribution in [0.1, 0.15) is 58.9 Å². The second-order valence-corrected chi connectivity index (χ2v) is 10.3. The summed E-state index contributed by atoms with van der Waals surface area (Å²) < 4.78 is 5.24. The Morgan fingerprint density at radius 1 is 1.18 bits per heavy atom. The summed E-state index contributed by atoms with van der Waals surface area (Å²) in [5.41, 5.74) is 0.425. The van der Waals surface area contributed by atoms with Gasteiger partial charge in [-0.1, -0.05) is 6.92 Å². The summed E-state index contributed by atoms with van der Waals surface area (Å²) in [6, 6.07) is 1.76. The topological polar surface area (TPSA) is 113 Å². The van der Waals surface area contributed by atoms with Crippen LogP contribution in [0.4, 0.5) is 16.3 Å². The molecule has 1 aromatic heterocycles. The zero-order valence-corrected chi connectivity index (χ0v) is 20.4. The summed E-state index contributed by atoms with van der Waals surface area (Å²) in [5, 5.41) is 8.71. The largest absolute Gasteiger partial charge is 0.444 e. The highest BCUT2D eigenvalue weighted by molar-refractivity contribution is 6.39. The Morgan fingerprint density at radius 2 is 1.94 bits per heavy atom. The van der Waals surface area contributed by atoms with Crippen molar-refractivity contribution >= 4 is 29.4 Å². The minimum absolute atomic E-state index is 0.0903. The smallest absolute Gasteiger partial charge is 0.413 e. The SMILES string of the molecule is Cc1cc(NC(=O)C(=O)N2C[C@@H](C)CC[C@H]2C2CCCNC2)cnc1NC(=O)OC(C)(C)C. The molecule has 1 aromatic rings. The number of pyridine rings is 1. The normalized spacial score (nSPS) is 23.5. The number of rotatable bonds is 3. The Balaban J connectivity index is 1.65. The van der Waals surface area contributed by atoms with Crippen LogP contribution in [0.15, 0.2) is 12.3 Å². The highest BCUT2D eigenvalue weighted by atomic mass is 16.6. The van der Waals surface area contributed by atoms with Gasteiger partial charge in [0.15, 0.2) is 0 Å². The number of ether oxygens (including phenoxy) is 1. The molecule has 3 amide bonds. The number of hydrogen-bond donors (Lipinski definition) is 3. The van der Waals surface area contributed by atoms with E-state index in [1.165, 1.54) is 6.20 Å². The number of aryl methyl sites for hydroxylation is 1. The van der Waals surface area contributed by atoms with Crippen LogP contribution in [0, 0.1) is 18.8 Å². The van der Waals surface area contributed by atoms with Crippen LogP contribution in [0.3, 0.4) is 0 Å². The van der Waals surface area contributed by atoms with Crippen molar-refractivity contribution in [3.05, 3.63) is 17.8 Å². The summed E-state index contributed by atoms with van der Waals surface area (Å²) in [5.74, 6) is -0.0669. The predicted octanol–water partition coefficient (Wildman–Crippen LogP) is 3.30. The third-order valence-electron chi connectivity index (χ3n) is 6.15. The zero-order valence-electron chi connectivity index (χ0n) is 20.4. The predicted molar refractivity (Wildman–Crippen MR) is 127 cm³/mol. The number of anilines is 2. The lowest BCUT2D eigenvalue weighted by molar-refractivity contribution is -0.147. The molecule has 9 nitrogen and oxygen atoms in total. The van der Waals surface area contributed by atoms with E-state index in [9.17, 15) is 14.4 Å². The number of likely N-dealkylation sites (tertiary alicyclic amines) is 1. The summed E-state index contributed by atoms with van der Waals surface area (Å²) in [6.45, 7) is 11.7. The van der Waals surface area contributed by atoms with Gasteiger partial charge in [-0.15, -0.1) is 0 Å². The Morgan fingerprint density at radius 3 is 2.58 bits per heavy atom. The molecule has 3 rings (SSSR count). The third kappa shape index (κ3) is 6.90. The fourth-order valence-electron chi connectivity index (χ4n) is 4.59. The molecule has 0 bridgehead atoms. The van der Waals surface area contributed by atoms with Gasteiger partial charge in [0.1, 0.15) is 11.4 Å². The average molecular weight is 460 g/mol. The lowest BCUT2D eigenvalue weighted by Gasteiger charge is -2.43. The monoisotopic (exact) mass is 459 g/mol. The highest BCUT2D eigenvalue weighted by Gasteiger charge is 2.38. The van der Waals surface area contributed by atoms with Gasteiger partial charge in [0.25, 0.3) is 0 Å². The van der Waals surface area contributed by atoms with Crippen LogP contribution in [0.2, 0.25) is 0 Å². The Bertz CT molecular complexity index is 876. The van der Waals surface area contributed by atoms with E-state index in [0.29, 0.717) is 35.4 Å². The van der Waals surface area contributed by atoms with Gasteiger partial charge in [0.05, 0.1) is 11.9 Å². The molecular weight excluding hydrogens is 422 g/mol. The minimum Gasteiger partial charge on any atom is -0.444 e. The van der Waals surface area contributed by atoms with Crippen molar-refractivity contribution in [2.75, 3.05) is 30.3 Å². The Kier molecular flexibility index (Phi) is 7.94. The third-order valence-corrected chi connectivity index (χ3v) is 6.15. The fourth-order valence-corrected chi connectivity index (χ4v) is 4.59. The summed E-state index contributed by atoms with van der Waals surface area (Å²) in [4.78, 5) is 44.0. The van der Waals surface area contributed by atoms with Crippen LogP contribution >= 0.6 is 0 Å². The molecule has 3 atom stereocenters. The quantitative estimate of drug-likeness (QED) is 0.598. The minimum atomic E-state index is -0.660. The van der Waals surface area contributed by atoms with Gasteiger partial charge in [0, 0.05) is 12.6 Å². The molecule has 0 saturated carbocycles. The molecule has 0 aromatic carbocycles. The molecule has 2 aliphatic rings. The van der Waals surface area contributed by atoms with Crippen LogP contribution in [-0.4, -0.2) is 59.1 Å². The van der Waals surface area contributed by atoms with Crippen molar-refractivity contribution in [3.8, 4) is 0 Å². The number of nitrogens with zero attached hydrogens (tertiary/aromatic N) is 2. The molecule has 0 aliphatic carbocycles. The molecule has 0 radical (unpaired) electrons. The van der Waals surface area contributed by atoms with Crippen molar-refractivity contribution in [2.45, 2.75) is 71.9 Å². The van der Waals surface area contributed by atoms with Crippen molar-refractivity contribution in [1.29, 1.82) is 0 Å². The van der Waals surface area contributed by atoms with E-state index < -0.39 is 23.5 Å². The lowest BCUT2D eigenvalue weighted by atomic mass is 9.82. The molecule has 3 N–H and O–H groups in total.